The van der Waals surface area contributed by atoms with Gasteiger partial charge in [0.05, 0.1) is 0 Å². The average molecular weight is 480 g/mol. The molecular formula is C21H30ClN7O4. The van der Waals surface area contributed by atoms with Crippen LogP contribution in [-0.2, 0) is 15.9 Å². The number of benzene rings is 1. The molecule has 0 unspecified atom stereocenters. The van der Waals surface area contributed by atoms with E-state index in [-0.39, 0.29) is 35.2 Å². The van der Waals surface area contributed by atoms with E-state index in [1.165, 1.54) is 5.56 Å². The van der Waals surface area contributed by atoms with Gasteiger partial charge in [-0.25, -0.2) is 9.97 Å². The number of aromatic nitrogens is 2. The number of anilines is 2. The van der Waals surface area contributed by atoms with Gasteiger partial charge in [0.2, 0.25) is 0 Å². The maximum atomic E-state index is 12.2. The molecule has 180 valence electrons. The molecule has 0 saturated carbocycles. The molecule has 2 rings (SSSR count). The largest absolute Gasteiger partial charge is 0.467 e. The third-order valence-corrected chi connectivity index (χ3v) is 4.84. The van der Waals surface area contributed by atoms with Crippen LogP contribution in [0.2, 0.25) is 5.15 Å². The van der Waals surface area contributed by atoms with E-state index in [1.54, 1.807) is 7.11 Å². The van der Waals surface area contributed by atoms with E-state index < -0.39 is 11.7 Å². The molecule has 1 heterocycles. The molecule has 2 aromatic rings. The highest BCUT2D eigenvalue weighted by Crippen LogP contribution is 2.17. The van der Waals surface area contributed by atoms with Crippen molar-refractivity contribution in [1.82, 2.24) is 15.3 Å². The average Bonchev–Trinajstić information content (AvgIpc) is 2.77. The molecule has 7 N–H and O–H groups in total. The number of amides is 1. The summed E-state index contributed by atoms with van der Waals surface area (Å²) >= 11 is 5.78. The van der Waals surface area contributed by atoms with Crippen LogP contribution in [0.25, 0.3) is 0 Å². The number of carbonyl (C=O) groups excluding carboxylic acids is 1. The number of methoxy groups -OCH3 is 1. The second kappa shape index (κ2) is 12.2. The third-order valence-electron chi connectivity index (χ3n) is 4.56. The Morgan fingerprint density at radius 1 is 1.15 bits per heavy atom. The predicted molar refractivity (Wildman–Crippen MR) is 127 cm³/mol. The van der Waals surface area contributed by atoms with Crippen LogP contribution in [-0.4, -0.2) is 48.1 Å². The number of nitrogen functional groups attached to an aromatic ring is 2. The third kappa shape index (κ3) is 8.72. The summed E-state index contributed by atoms with van der Waals surface area (Å²) in [5, 5.41) is 2.29. The number of aliphatic imine (C=N–C) groups is 1. The molecule has 0 fully saturated rings. The Hall–Kier alpha value is -3.15. The van der Waals surface area contributed by atoms with Crippen LogP contribution in [0.15, 0.2) is 29.3 Å². The Kier molecular flexibility index (Phi) is 9.64. The fourth-order valence-corrected chi connectivity index (χ4v) is 2.64. The van der Waals surface area contributed by atoms with Crippen molar-refractivity contribution in [2.24, 2.45) is 10.7 Å². The highest BCUT2D eigenvalue weighted by molar-refractivity contribution is 6.31. The van der Waals surface area contributed by atoms with E-state index in [4.69, 9.17) is 43.0 Å². The standard InChI is InChI=1S/C21H30ClN7O4/c1-21(2,31-3)33-12-32-14-9-7-13(8-10-14)6-4-5-11-26-20(25)29-19(30)15-17(23)28-18(24)16(22)27-15/h7-10H,4-6,11-12H2,1-3H3,(H4,23,24,28)(H3,25,26,29,30). The molecule has 1 aromatic carbocycles. The number of carbonyl (C=O) groups is 1. The highest BCUT2D eigenvalue weighted by Gasteiger charge is 2.17. The zero-order valence-electron chi connectivity index (χ0n) is 18.9. The van der Waals surface area contributed by atoms with Crippen molar-refractivity contribution in [2.75, 3.05) is 31.9 Å². The molecule has 0 aliphatic heterocycles. The zero-order chi connectivity index (χ0) is 24.4. The van der Waals surface area contributed by atoms with Crippen LogP contribution in [0.5, 0.6) is 5.75 Å². The fourth-order valence-electron chi connectivity index (χ4n) is 2.51. The second-order valence-electron chi connectivity index (χ2n) is 7.47. The maximum absolute atomic E-state index is 12.2. The lowest BCUT2D eigenvalue weighted by Crippen LogP contribution is -2.38. The number of nitrogens with zero attached hydrogens (tertiary/aromatic N) is 3. The van der Waals surface area contributed by atoms with Gasteiger partial charge in [-0.2, -0.15) is 0 Å². The summed E-state index contributed by atoms with van der Waals surface area (Å²) in [4.78, 5) is 23.9. The number of nitrogens with one attached hydrogen (secondary N) is 1. The molecule has 33 heavy (non-hydrogen) atoms. The minimum absolute atomic E-state index is 0.0467. The molecule has 1 aromatic heterocycles. The number of nitrogens with two attached hydrogens (primary N) is 3. The Bertz CT molecular complexity index is 968. The molecule has 0 spiro atoms. The molecular weight excluding hydrogens is 450 g/mol. The van der Waals surface area contributed by atoms with Crippen LogP contribution in [0, 0.1) is 0 Å². The number of hydrogen-bond donors (Lipinski definition) is 4. The van der Waals surface area contributed by atoms with Gasteiger partial charge in [0.25, 0.3) is 5.91 Å². The lowest BCUT2D eigenvalue weighted by molar-refractivity contribution is -0.224. The smallest absolute Gasteiger partial charge is 0.280 e. The Morgan fingerprint density at radius 3 is 2.52 bits per heavy atom. The Labute approximate surface area is 197 Å². The fraction of sp³-hybridized carbons (Fsp3) is 0.429. The van der Waals surface area contributed by atoms with Gasteiger partial charge < -0.3 is 31.4 Å². The molecule has 0 radical (unpaired) electrons. The molecule has 1 amide bonds. The second-order valence-corrected chi connectivity index (χ2v) is 7.82. The summed E-state index contributed by atoms with van der Waals surface area (Å²) in [5.74, 6) is -0.901. The first-order valence-corrected chi connectivity index (χ1v) is 10.6. The Morgan fingerprint density at radius 2 is 1.85 bits per heavy atom. The maximum Gasteiger partial charge on any atom is 0.280 e. The topological polar surface area (TPSA) is 173 Å². The van der Waals surface area contributed by atoms with Gasteiger partial charge in [-0.15, -0.1) is 0 Å². The lowest BCUT2D eigenvalue weighted by Gasteiger charge is -2.23. The molecule has 0 aliphatic rings. The van der Waals surface area contributed by atoms with Crippen LogP contribution in [0.3, 0.4) is 0 Å². The molecule has 0 aliphatic carbocycles. The number of hydrogen-bond acceptors (Lipinski definition) is 9. The quantitative estimate of drug-likeness (QED) is 0.163. The van der Waals surface area contributed by atoms with Crippen LogP contribution >= 0.6 is 11.6 Å². The first-order chi connectivity index (χ1) is 15.6. The van der Waals surface area contributed by atoms with E-state index >= 15 is 0 Å². The summed E-state index contributed by atoms with van der Waals surface area (Å²) < 4.78 is 16.2. The van der Waals surface area contributed by atoms with Gasteiger partial charge in [0, 0.05) is 13.7 Å². The summed E-state index contributed by atoms with van der Waals surface area (Å²) in [5.41, 5.74) is 17.9. The number of rotatable bonds is 11. The Balaban J connectivity index is 1.71. The molecule has 0 bridgehead atoms. The van der Waals surface area contributed by atoms with E-state index in [0.717, 1.165) is 19.3 Å². The minimum Gasteiger partial charge on any atom is -0.467 e. The van der Waals surface area contributed by atoms with Crippen molar-refractivity contribution in [3.63, 3.8) is 0 Å². The SMILES string of the molecule is COC(C)(C)OCOc1ccc(CCCCN=C(N)NC(=O)c2nc(Cl)c(N)nc2N)cc1. The predicted octanol–water partition coefficient (Wildman–Crippen LogP) is 2.10. The molecule has 0 saturated heterocycles. The first kappa shape index (κ1) is 26.1. The van der Waals surface area contributed by atoms with Crippen molar-refractivity contribution in [3.8, 4) is 5.75 Å². The normalized spacial score (nSPS) is 11.9. The number of aryl methyl sites for hydroxylation is 1. The van der Waals surface area contributed by atoms with Gasteiger partial charge in [-0.3, -0.25) is 15.1 Å². The van der Waals surface area contributed by atoms with Gasteiger partial charge in [0.1, 0.15) is 5.75 Å². The zero-order valence-corrected chi connectivity index (χ0v) is 19.7. The number of unbranched alkanes of at least 4 members (excludes halogenated alkanes) is 1. The first-order valence-electron chi connectivity index (χ1n) is 10.2. The van der Waals surface area contributed by atoms with Crippen molar-refractivity contribution in [2.45, 2.75) is 38.9 Å². The summed E-state index contributed by atoms with van der Waals surface area (Å²) in [6.07, 6.45) is 2.54. The van der Waals surface area contributed by atoms with E-state index in [0.29, 0.717) is 12.3 Å². The molecule has 12 heteroatoms. The van der Waals surface area contributed by atoms with Gasteiger partial charge in [-0.05, 0) is 50.8 Å². The van der Waals surface area contributed by atoms with Crippen molar-refractivity contribution >= 4 is 35.1 Å². The summed E-state index contributed by atoms with van der Waals surface area (Å²) in [6.45, 7) is 4.17. The monoisotopic (exact) mass is 479 g/mol. The van der Waals surface area contributed by atoms with Crippen molar-refractivity contribution < 1.29 is 19.0 Å². The van der Waals surface area contributed by atoms with E-state index in [1.807, 2.05) is 38.1 Å². The van der Waals surface area contributed by atoms with Crippen molar-refractivity contribution in [1.29, 1.82) is 0 Å². The van der Waals surface area contributed by atoms with E-state index in [2.05, 4.69) is 20.3 Å². The van der Waals surface area contributed by atoms with E-state index in [9.17, 15) is 4.79 Å². The summed E-state index contributed by atoms with van der Waals surface area (Å²) in [7, 11) is 1.58. The van der Waals surface area contributed by atoms with Crippen molar-refractivity contribution in [3.05, 3.63) is 40.7 Å². The van der Waals surface area contributed by atoms with Gasteiger partial charge >= 0.3 is 0 Å². The summed E-state index contributed by atoms with van der Waals surface area (Å²) in [6, 6.07) is 7.78. The molecule has 0 atom stereocenters. The number of ether oxygens (including phenoxy) is 3. The van der Waals surface area contributed by atoms with Crippen LogP contribution in [0.4, 0.5) is 11.6 Å². The lowest BCUT2D eigenvalue weighted by atomic mass is 10.1. The van der Waals surface area contributed by atoms with Gasteiger partial charge in [-0.1, -0.05) is 23.7 Å². The van der Waals surface area contributed by atoms with Crippen LogP contribution < -0.4 is 27.3 Å². The number of guanidine groups is 1. The molecule has 11 nitrogen and oxygen atoms in total. The minimum atomic E-state index is -0.695. The van der Waals surface area contributed by atoms with Crippen LogP contribution in [0.1, 0.15) is 42.7 Å². The number of halogens is 1. The highest BCUT2D eigenvalue weighted by atomic mass is 35.5. The van der Waals surface area contributed by atoms with Gasteiger partial charge in [0.15, 0.2) is 41.0 Å².